The second kappa shape index (κ2) is 5.09. The predicted molar refractivity (Wildman–Crippen MR) is 62.2 cm³/mol. The van der Waals surface area contributed by atoms with Crippen molar-refractivity contribution in [2.75, 3.05) is 13.7 Å². The van der Waals surface area contributed by atoms with Crippen molar-refractivity contribution in [2.24, 2.45) is 10.9 Å². The Labute approximate surface area is 95.0 Å². The van der Waals surface area contributed by atoms with Crippen LogP contribution in [0.5, 0.6) is 0 Å². The van der Waals surface area contributed by atoms with Gasteiger partial charge in [0.25, 0.3) is 0 Å². The largest absolute Gasteiger partial charge is 0.390 e. The minimum Gasteiger partial charge on any atom is -0.390 e. The maximum Gasteiger partial charge on any atom is 0.145 e. The lowest BCUT2D eigenvalue weighted by atomic mass is 10.0. The summed E-state index contributed by atoms with van der Waals surface area (Å²) in [5, 5.41) is 4.06. The van der Waals surface area contributed by atoms with Crippen LogP contribution in [0.2, 0.25) is 0 Å². The number of hydrogen-bond donors (Lipinski definition) is 1. The van der Waals surface area contributed by atoms with Gasteiger partial charge in [0.1, 0.15) is 6.10 Å². The summed E-state index contributed by atoms with van der Waals surface area (Å²) >= 11 is 0. The Morgan fingerprint density at radius 3 is 3.12 bits per heavy atom. The Morgan fingerprint density at radius 2 is 2.44 bits per heavy atom. The van der Waals surface area contributed by atoms with E-state index in [9.17, 15) is 0 Å². The highest BCUT2D eigenvalue weighted by molar-refractivity contribution is 6.01. The van der Waals surface area contributed by atoms with E-state index in [2.05, 4.69) is 11.2 Å². The van der Waals surface area contributed by atoms with Gasteiger partial charge in [-0.15, -0.1) is 0 Å². The average molecular weight is 220 g/mol. The number of rotatable bonds is 4. The number of nitrogens with two attached hydrogens (primary N) is 1. The smallest absolute Gasteiger partial charge is 0.145 e. The van der Waals surface area contributed by atoms with E-state index < -0.39 is 0 Å². The van der Waals surface area contributed by atoms with Crippen LogP contribution in [0.3, 0.4) is 0 Å². The zero-order chi connectivity index (χ0) is 11.4. The van der Waals surface area contributed by atoms with Crippen molar-refractivity contribution in [1.29, 1.82) is 0 Å². The van der Waals surface area contributed by atoms with Crippen LogP contribution in [-0.2, 0) is 16.2 Å². The normalized spacial score (nSPS) is 19.4. The number of benzene rings is 1. The average Bonchev–Trinajstić information content (AvgIpc) is 2.78. The molecule has 1 aliphatic heterocycles. The minimum atomic E-state index is 0.0288. The van der Waals surface area contributed by atoms with E-state index >= 15 is 0 Å². The molecule has 0 saturated carbocycles. The molecular weight excluding hydrogens is 204 g/mol. The number of nitrogens with zero attached hydrogens (tertiary/aromatic N) is 1. The lowest BCUT2D eigenvalue weighted by molar-refractivity contribution is 0.0918. The molecule has 1 aromatic carbocycles. The minimum absolute atomic E-state index is 0.0288. The first-order valence-corrected chi connectivity index (χ1v) is 5.34. The molecule has 1 aliphatic rings. The first kappa shape index (κ1) is 11.1. The Balaban J connectivity index is 2.12. The topological polar surface area (TPSA) is 56.8 Å². The molecule has 2 N–H and O–H groups in total. The summed E-state index contributed by atoms with van der Waals surface area (Å²) in [7, 11) is 1.69. The SMILES string of the molecule is COCc1cccc(C2=NOC(CN)C2)c1. The third-order valence-corrected chi connectivity index (χ3v) is 2.57. The molecule has 0 spiro atoms. The van der Waals surface area contributed by atoms with Gasteiger partial charge in [-0.1, -0.05) is 23.4 Å². The van der Waals surface area contributed by atoms with Crippen molar-refractivity contribution in [3.8, 4) is 0 Å². The summed E-state index contributed by atoms with van der Waals surface area (Å²) in [5.74, 6) is 0. The third kappa shape index (κ3) is 2.40. The van der Waals surface area contributed by atoms with Gasteiger partial charge in [0.15, 0.2) is 0 Å². The van der Waals surface area contributed by atoms with Crippen LogP contribution in [0.4, 0.5) is 0 Å². The van der Waals surface area contributed by atoms with Crippen molar-refractivity contribution in [2.45, 2.75) is 19.1 Å². The molecule has 1 unspecified atom stereocenters. The molecule has 1 aromatic rings. The van der Waals surface area contributed by atoms with E-state index in [-0.39, 0.29) is 6.10 Å². The molecule has 0 radical (unpaired) electrons. The van der Waals surface area contributed by atoms with Crippen molar-refractivity contribution in [3.05, 3.63) is 35.4 Å². The zero-order valence-corrected chi connectivity index (χ0v) is 9.35. The molecule has 1 heterocycles. The standard InChI is InChI=1S/C12H16N2O2/c1-15-8-9-3-2-4-10(5-9)12-6-11(7-13)16-14-12/h2-5,11H,6-8,13H2,1H3. The van der Waals surface area contributed by atoms with Gasteiger partial charge in [-0.2, -0.15) is 0 Å². The maximum atomic E-state index is 5.53. The highest BCUT2D eigenvalue weighted by atomic mass is 16.6. The van der Waals surface area contributed by atoms with E-state index in [1.807, 2.05) is 18.2 Å². The van der Waals surface area contributed by atoms with Crippen LogP contribution in [0, 0.1) is 0 Å². The fraction of sp³-hybridized carbons (Fsp3) is 0.417. The zero-order valence-electron chi connectivity index (χ0n) is 9.35. The van der Waals surface area contributed by atoms with Crippen LogP contribution in [0.15, 0.2) is 29.4 Å². The van der Waals surface area contributed by atoms with Crippen molar-refractivity contribution < 1.29 is 9.57 Å². The summed E-state index contributed by atoms with van der Waals surface area (Å²) in [6.45, 7) is 1.12. The fourth-order valence-corrected chi connectivity index (χ4v) is 1.73. The Morgan fingerprint density at radius 1 is 1.56 bits per heavy atom. The van der Waals surface area contributed by atoms with Crippen LogP contribution in [-0.4, -0.2) is 25.5 Å². The lowest BCUT2D eigenvalue weighted by Crippen LogP contribution is -2.20. The molecule has 2 rings (SSSR count). The Hall–Kier alpha value is -1.39. The van der Waals surface area contributed by atoms with E-state index in [0.29, 0.717) is 13.2 Å². The number of ether oxygens (including phenoxy) is 1. The van der Waals surface area contributed by atoms with Gasteiger partial charge in [-0.3, -0.25) is 0 Å². The second-order valence-corrected chi connectivity index (χ2v) is 3.84. The van der Waals surface area contributed by atoms with Crippen LogP contribution >= 0.6 is 0 Å². The summed E-state index contributed by atoms with van der Waals surface area (Å²) in [6.07, 6.45) is 0.813. The van der Waals surface area contributed by atoms with Crippen LogP contribution in [0.25, 0.3) is 0 Å². The molecule has 0 aromatic heterocycles. The van der Waals surface area contributed by atoms with Crippen LogP contribution in [0.1, 0.15) is 17.5 Å². The van der Waals surface area contributed by atoms with Gasteiger partial charge >= 0.3 is 0 Å². The number of methoxy groups -OCH3 is 1. The van der Waals surface area contributed by atoms with Gasteiger partial charge in [-0.05, 0) is 17.2 Å². The molecule has 4 nitrogen and oxygen atoms in total. The molecule has 16 heavy (non-hydrogen) atoms. The van der Waals surface area contributed by atoms with Crippen molar-refractivity contribution >= 4 is 5.71 Å². The Kier molecular flexibility index (Phi) is 3.54. The third-order valence-electron chi connectivity index (χ3n) is 2.57. The number of hydrogen-bond acceptors (Lipinski definition) is 4. The molecule has 0 fully saturated rings. The molecule has 1 atom stereocenters. The predicted octanol–water partition coefficient (Wildman–Crippen LogP) is 1.28. The summed E-state index contributed by atoms with van der Waals surface area (Å²) in [4.78, 5) is 5.20. The van der Waals surface area contributed by atoms with Gasteiger partial charge in [0.05, 0.1) is 12.3 Å². The summed E-state index contributed by atoms with van der Waals surface area (Å²) in [5.41, 5.74) is 8.73. The van der Waals surface area contributed by atoms with Gasteiger partial charge < -0.3 is 15.3 Å². The van der Waals surface area contributed by atoms with Crippen molar-refractivity contribution in [3.63, 3.8) is 0 Å². The molecule has 0 amide bonds. The molecule has 86 valence electrons. The van der Waals surface area contributed by atoms with Gasteiger partial charge in [0.2, 0.25) is 0 Å². The molecule has 4 heteroatoms. The maximum absolute atomic E-state index is 5.53. The monoisotopic (exact) mass is 220 g/mol. The van der Waals surface area contributed by atoms with Gasteiger partial charge in [0, 0.05) is 20.1 Å². The summed E-state index contributed by atoms with van der Waals surface area (Å²) < 4.78 is 5.10. The molecule has 0 saturated heterocycles. The second-order valence-electron chi connectivity index (χ2n) is 3.84. The van der Waals surface area contributed by atoms with E-state index in [4.69, 9.17) is 15.3 Å². The first-order valence-electron chi connectivity index (χ1n) is 5.34. The van der Waals surface area contributed by atoms with Crippen LogP contribution < -0.4 is 5.73 Å². The van der Waals surface area contributed by atoms with Crippen molar-refractivity contribution in [1.82, 2.24) is 0 Å². The quantitative estimate of drug-likeness (QED) is 0.831. The number of oxime groups is 1. The highest BCUT2D eigenvalue weighted by Gasteiger charge is 2.20. The Bertz CT molecular complexity index is 390. The van der Waals surface area contributed by atoms with E-state index in [1.54, 1.807) is 7.11 Å². The first-order chi connectivity index (χ1) is 7.83. The highest BCUT2D eigenvalue weighted by Crippen LogP contribution is 2.17. The molecule has 0 bridgehead atoms. The summed E-state index contributed by atoms with van der Waals surface area (Å²) in [6, 6.07) is 8.14. The molecular formula is C12H16N2O2. The van der Waals surface area contributed by atoms with Gasteiger partial charge in [-0.25, -0.2) is 0 Å². The molecule has 0 aliphatic carbocycles. The van der Waals surface area contributed by atoms with E-state index in [1.165, 1.54) is 0 Å². The lowest BCUT2D eigenvalue weighted by Gasteiger charge is -2.04. The van der Waals surface area contributed by atoms with E-state index in [0.717, 1.165) is 23.3 Å². The fourth-order valence-electron chi connectivity index (χ4n) is 1.73.